The van der Waals surface area contributed by atoms with Crippen LogP contribution in [0, 0.1) is 22.7 Å². The molecule has 0 saturated carbocycles. The summed E-state index contributed by atoms with van der Waals surface area (Å²) in [5.41, 5.74) is 9.19. The summed E-state index contributed by atoms with van der Waals surface area (Å²) in [6.45, 7) is 0. The molecule has 3 heterocycles. The molecule has 10 rings (SSSR count). The smallest absolute Gasteiger partial charge is 0.309 e. The second-order valence-corrected chi connectivity index (χ2v) is 14.1. The van der Waals surface area contributed by atoms with E-state index in [0.29, 0.717) is 33.5 Å². The van der Waals surface area contributed by atoms with Gasteiger partial charge in [0.2, 0.25) is 0 Å². The zero-order valence-corrected chi connectivity index (χ0v) is 30.5. The number of pyridine rings is 1. The summed E-state index contributed by atoms with van der Waals surface area (Å²) in [5, 5.41) is 23.4. The summed E-state index contributed by atoms with van der Waals surface area (Å²) < 4.78 is 48.0. The molecule has 10 aromatic rings. The van der Waals surface area contributed by atoms with Gasteiger partial charge in [-0.2, -0.15) is 23.7 Å². The largest absolute Gasteiger partial charge is 0.416 e. The van der Waals surface area contributed by atoms with Gasteiger partial charge in [0.25, 0.3) is 0 Å². The molecule has 5 nitrogen and oxygen atoms in total. The molecule has 0 aliphatic rings. The first kappa shape index (κ1) is 34.5. The SMILES string of the molecule is N#Cc1ccccc1-c1ccc2c(c1)c1ccccc1n2-c1ccncc1-c1ccc(C(F)(F)F)cc1-n1c2ccccc2c2cc(-c3ccccc3C#N)ccc21. The van der Waals surface area contributed by atoms with Crippen LogP contribution in [0.5, 0.6) is 0 Å². The third-order valence-electron chi connectivity index (χ3n) is 11.0. The normalized spacial score (nSPS) is 11.7. The quantitative estimate of drug-likeness (QED) is 0.176. The highest BCUT2D eigenvalue weighted by Crippen LogP contribution is 2.44. The summed E-state index contributed by atoms with van der Waals surface area (Å²) in [7, 11) is 0. The molecule has 8 heteroatoms. The van der Waals surface area contributed by atoms with Gasteiger partial charge in [0, 0.05) is 45.1 Å². The molecule has 58 heavy (non-hydrogen) atoms. The minimum atomic E-state index is -4.60. The van der Waals surface area contributed by atoms with Crippen LogP contribution in [0.25, 0.3) is 88.4 Å². The van der Waals surface area contributed by atoms with Crippen molar-refractivity contribution >= 4 is 43.6 Å². The van der Waals surface area contributed by atoms with Gasteiger partial charge in [-0.25, -0.2) is 0 Å². The van der Waals surface area contributed by atoms with E-state index in [4.69, 9.17) is 0 Å². The minimum absolute atomic E-state index is 0.344. The van der Waals surface area contributed by atoms with Gasteiger partial charge in [0.1, 0.15) is 0 Å². The van der Waals surface area contributed by atoms with Crippen molar-refractivity contribution in [2.24, 2.45) is 0 Å². The van der Waals surface area contributed by atoms with E-state index in [1.54, 1.807) is 30.6 Å². The van der Waals surface area contributed by atoms with Crippen LogP contribution >= 0.6 is 0 Å². The molecular formula is C50H28F3N5. The lowest BCUT2D eigenvalue weighted by Crippen LogP contribution is -2.08. The number of aromatic nitrogens is 3. The lowest BCUT2D eigenvalue weighted by molar-refractivity contribution is -0.137. The molecule has 0 atom stereocenters. The number of hydrogen-bond donors (Lipinski definition) is 0. The van der Waals surface area contributed by atoms with Gasteiger partial charge >= 0.3 is 6.18 Å². The van der Waals surface area contributed by atoms with Gasteiger partial charge in [-0.3, -0.25) is 4.98 Å². The molecule has 0 aliphatic heterocycles. The monoisotopic (exact) mass is 755 g/mol. The molecule has 0 bridgehead atoms. The number of fused-ring (bicyclic) bond motifs is 6. The first-order valence-electron chi connectivity index (χ1n) is 18.6. The summed E-state index contributed by atoms with van der Waals surface area (Å²) >= 11 is 0. The Bertz CT molecular complexity index is 3370. The number of nitriles is 2. The molecule has 0 spiro atoms. The van der Waals surface area contributed by atoms with E-state index >= 15 is 0 Å². The molecule has 0 fully saturated rings. The number of rotatable bonds is 5. The van der Waals surface area contributed by atoms with Gasteiger partial charge in [-0.05, 0) is 89.0 Å². The Morgan fingerprint density at radius 2 is 0.948 bits per heavy atom. The van der Waals surface area contributed by atoms with Gasteiger partial charge in [-0.1, -0.05) is 91.0 Å². The lowest BCUT2D eigenvalue weighted by atomic mass is 9.98. The Hall–Kier alpha value is -7.94. The maximum absolute atomic E-state index is 14.7. The van der Waals surface area contributed by atoms with E-state index in [2.05, 4.69) is 33.8 Å². The van der Waals surface area contributed by atoms with Crippen LogP contribution in [0.4, 0.5) is 13.2 Å². The van der Waals surface area contributed by atoms with Gasteiger partial charge in [0.05, 0.1) is 62.3 Å². The molecule has 0 unspecified atom stereocenters. The third-order valence-corrected chi connectivity index (χ3v) is 11.0. The number of nitrogens with zero attached hydrogens (tertiary/aromatic N) is 5. The zero-order valence-electron chi connectivity index (χ0n) is 30.5. The number of alkyl halides is 3. The van der Waals surface area contributed by atoms with Crippen LogP contribution in [-0.2, 0) is 6.18 Å². The fourth-order valence-electron chi connectivity index (χ4n) is 8.38. The molecule has 3 aromatic heterocycles. The number of para-hydroxylation sites is 2. The van der Waals surface area contributed by atoms with Crippen molar-refractivity contribution in [3.8, 4) is 56.9 Å². The Labute approximate surface area is 330 Å². The van der Waals surface area contributed by atoms with Crippen LogP contribution in [0.1, 0.15) is 16.7 Å². The van der Waals surface area contributed by atoms with Crippen molar-refractivity contribution in [1.29, 1.82) is 10.5 Å². The minimum Gasteiger partial charge on any atom is -0.309 e. The molecule has 0 radical (unpaired) electrons. The lowest BCUT2D eigenvalue weighted by Gasteiger charge is -2.20. The molecule has 7 aromatic carbocycles. The zero-order chi connectivity index (χ0) is 39.5. The summed E-state index contributed by atoms with van der Waals surface area (Å²) in [5.74, 6) is 0. The third kappa shape index (κ3) is 5.43. The van der Waals surface area contributed by atoms with Crippen LogP contribution in [0.2, 0.25) is 0 Å². The van der Waals surface area contributed by atoms with Crippen molar-refractivity contribution in [3.05, 3.63) is 187 Å². The number of benzene rings is 7. The summed E-state index contributed by atoms with van der Waals surface area (Å²) in [6, 6.07) is 52.9. The highest BCUT2D eigenvalue weighted by molar-refractivity contribution is 6.13. The second-order valence-electron chi connectivity index (χ2n) is 14.1. The molecular weight excluding hydrogens is 728 g/mol. The highest BCUT2D eigenvalue weighted by atomic mass is 19.4. The van der Waals surface area contributed by atoms with Crippen molar-refractivity contribution in [2.45, 2.75) is 6.18 Å². The second kappa shape index (κ2) is 13.4. The Balaban J connectivity index is 1.24. The Morgan fingerprint density at radius 1 is 0.448 bits per heavy atom. The molecule has 0 amide bonds. The molecule has 0 N–H and O–H groups in total. The van der Waals surface area contributed by atoms with Crippen molar-refractivity contribution in [3.63, 3.8) is 0 Å². The maximum atomic E-state index is 14.7. The van der Waals surface area contributed by atoms with E-state index in [1.165, 1.54) is 6.07 Å². The number of halogens is 3. The van der Waals surface area contributed by atoms with E-state index in [0.717, 1.165) is 72.1 Å². The molecule has 274 valence electrons. The Kier molecular flexibility index (Phi) is 7.96. The standard InChI is InChI=1S/C50H28F3N5/c51-50(52,53)35-19-20-40(49(27-35)58-45-16-8-6-14-39(45)42-26-32(18-22-47(42)58)37-12-4-2-10-34(37)29-55)43-30-56-24-23-48(43)57-44-15-7-5-13-38(44)41-25-31(17-21-46(41)57)36-11-3-1-9-33(36)28-54/h1-27,30H. The van der Waals surface area contributed by atoms with Crippen molar-refractivity contribution in [1.82, 2.24) is 14.1 Å². The van der Waals surface area contributed by atoms with E-state index in [1.807, 2.05) is 120 Å². The maximum Gasteiger partial charge on any atom is 0.416 e. The van der Waals surface area contributed by atoms with E-state index in [-0.39, 0.29) is 0 Å². The van der Waals surface area contributed by atoms with Crippen LogP contribution < -0.4 is 0 Å². The number of hydrogen-bond acceptors (Lipinski definition) is 3. The van der Waals surface area contributed by atoms with Gasteiger partial charge in [0.15, 0.2) is 0 Å². The fraction of sp³-hybridized carbons (Fsp3) is 0.0200. The summed E-state index contributed by atoms with van der Waals surface area (Å²) in [4.78, 5) is 4.54. The van der Waals surface area contributed by atoms with E-state index in [9.17, 15) is 23.7 Å². The van der Waals surface area contributed by atoms with Crippen molar-refractivity contribution < 1.29 is 13.2 Å². The van der Waals surface area contributed by atoms with Gasteiger partial charge < -0.3 is 9.13 Å². The molecule has 0 aliphatic carbocycles. The van der Waals surface area contributed by atoms with Crippen LogP contribution in [0.15, 0.2) is 170 Å². The average Bonchev–Trinajstić information content (AvgIpc) is 3.78. The molecule has 0 saturated heterocycles. The predicted molar refractivity (Wildman–Crippen MR) is 224 cm³/mol. The fourth-order valence-corrected chi connectivity index (χ4v) is 8.38. The highest BCUT2D eigenvalue weighted by Gasteiger charge is 2.32. The average molecular weight is 756 g/mol. The Morgan fingerprint density at radius 3 is 1.50 bits per heavy atom. The van der Waals surface area contributed by atoms with E-state index < -0.39 is 11.7 Å². The summed E-state index contributed by atoms with van der Waals surface area (Å²) in [6.07, 6.45) is -1.20. The predicted octanol–water partition coefficient (Wildman–Crippen LogP) is 13.0. The van der Waals surface area contributed by atoms with Crippen LogP contribution in [0.3, 0.4) is 0 Å². The first-order valence-corrected chi connectivity index (χ1v) is 18.6. The van der Waals surface area contributed by atoms with Gasteiger partial charge in [-0.15, -0.1) is 0 Å². The van der Waals surface area contributed by atoms with Crippen molar-refractivity contribution in [2.75, 3.05) is 0 Å². The first-order chi connectivity index (χ1) is 28.3. The topological polar surface area (TPSA) is 70.3 Å². The van der Waals surface area contributed by atoms with Crippen LogP contribution in [-0.4, -0.2) is 14.1 Å².